The lowest BCUT2D eigenvalue weighted by Crippen LogP contribution is -2.13. The third kappa shape index (κ3) is 5.59. The lowest BCUT2D eigenvalue weighted by molar-refractivity contribution is -0.159. The largest absolute Gasteiger partial charge is 0.471 e. The predicted octanol–water partition coefficient (Wildman–Crippen LogP) is 2.54. The minimum absolute atomic E-state index is 0.0465. The lowest BCUT2D eigenvalue weighted by atomic mass is 10.1. The van der Waals surface area contributed by atoms with Gasteiger partial charge in [-0.1, -0.05) is 5.16 Å². The van der Waals surface area contributed by atoms with Gasteiger partial charge >= 0.3 is 12.1 Å². The number of anilines is 1. The van der Waals surface area contributed by atoms with Crippen LogP contribution in [0.25, 0.3) is 0 Å². The van der Waals surface area contributed by atoms with Gasteiger partial charge in [0, 0.05) is 24.1 Å². The van der Waals surface area contributed by atoms with Gasteiger partial charge in [0.2, 0.25) is 11.8 Å². The van der Waals surface area contributed by atoms with E-state index < -0.39 is 18.0 Å². The van der Waals surface area contributed by atoms with Crippen molar-refractivity contribution in [2.75, 3.05) is 5.32 Å². The first-order chi connectivity index (χ1) is 11.8. The number of nitrogens with one attached hydrogen (secondary N) is 1. The van der Waals surface area contributed by atoms with E-state index in [9.17, 15) is 22.8 Å². The van der Waals surface area contributed by atoms with Gasteiger partial charge in [0.1, 0.15) is 0 Å². The molecule has 25 heavy (non-hydrogen) atoms. The van der Waals surface area contributed by atoms with E-state index in [4.69, 9.17) is 5.73 Å². The molecule has 7 nitrogen and oxygen atoms in total. The van der Waals surface area contributed by atoms with Gasteiger partial charge < -0.3 is 15.6 Å². The van der Waals surface area contributed by atoms with Gasteiger partial charge in [-0.2, -0.15) is 18.2 Å². The highest BCUT2D eigenvalue weighted by molar-refractivity contribution is 5.94. The molecular formula is C15H15F3N4O3. The Balaban J connectivity index is 1.71. The zero-order valence-corrected chi connectivity index (χ0v) is 13.0. The zero-order valence-electron chi connectivity index (χ0n) is 13.0. The maximum Gasteiger partial charge on any atom is 0.471 e. The maximum atomic E-state index is 12.3. The number of hydrogen-bond acceptors (Lipinski definition) is 5. The number of carbonyl (C=O) groups is 2. The summed E-state index contributed by atoms with van der Waals surface area (Å²) in [6.07, 6.45) is -3.41. The fourth-order valence-corrected chi connectivity index (χ4v) is 1.98. The zero-order chi connectivity index (χ0) is 18.4. The molecule has 1 heterocycles. The lowest BCUT2D eigenvalue weighted by Gasteiger charge is -2.05. The molecule has 1 aromatic carbocycles. The van der Waals surface area contributed by atoms with Crippen LogP contribution >= 0.6 is 0 Å². The Morgan fingerprint density at radius 3 is 2.40 bits per heavy atom. The Hall–Kier alpha value is -2.91. The molecule has 3 N–H and O–H groups in total. The molecule has 0 spiro atoms. The van der Waals surface area contributed by atoms with Crippen LogP contribution in [0.5, 0.6) is 0 Å². The molecule has 134 valence electrons. The van der Waals surface area contributed by atoms with Crippen LogP contribution < -0.4 is 11.1 Å². The van der Waals surface area contributed by atoms with Gasteiger partial charge in [-0.15, -0.1) is 0 Å². The van der Waals surface area contributed by atoms with Gasteiger partial charge in [0.15, 0.2) is 5.82 Å². The van der Waals surface area contributed by atoms with Crippen LogP contribution in [-0.4, -0.2) is 22.0 Å². The van der Waals surface area contributed by atoms with Crippen LogP contribution in [0.4, 0.5) is 18.9 Å². The SMILES string of the molecule is NC(=O)c1ccc(NC(=O)CCCCc2noc(C(F)(F)F)n2)cc1. The molecule has 0 radical (unpaired) electrons. The molecule has 1 aromatic heterocycles. The minimum atomic E-state index is -4.66. The van der Waals surface area contributed by atoms with Gasteiger partial charge in [0.05, 0.1) is 0 Å². The molecule has 2 amide bonds. The molecule has 2 aromatic rings. The molecule has 0 aliphatic carbocycles. The summed E-state index contributed by atoms with van der Waals surface area (Å²) in [4.78, 5) is 26.0. The third-order valence-corrected chi connectivity index (χ3v) is 3.22. The molecule has 0 bridgehead atoms. The summed E-state index contributed by atoms with van der Waals surface area (Å²) in [6, 6.07) is 6.09. The van der Waals surface area contributed by atoms with E-state index in [1.807, 2.05) is 0 Å². The van der Waals surface area contributed by atoms with E-state index in [0.717, 1.165) is 0 Å². The minimum Gasteiger partial charge on any atom is -0.366 e. The summed E-state index contributed by atoms with van der Waals surface area (Å²) < 4.78 is 41.0. The van der Waals surface area contributed by atoms with Crippen molar-refractivity contribution in [3.8, 4) is 0 Å². The van der Waals surface area contributed by atoms with E-state index in [1.54, 1.807) is 12.1 Å². The third-order valence-electron chi connectivity index (χ3n) is 3.22. The van der Waals surface area contributed by atoms with Crippen LogP contribution in [0.3, 0.4) is 0 Å². The van der Waals surface area contributed by atoms with E-state index in [-0.39, 0.29) is 24.6 Å². The van der Waals surface area contributed by atoms with E-state index in [0.29, 0.717) is 24.1 Å². The number of primary amides is 1. The summed E-state index contributed by atoms with van der Waals surface area (Å²) in [6.45, 7) is 0. The number of carbonyl (C=O) groups excluding carboxylic acids is 2. The molecule has 0 unspecified atom stereocenters. The number of unbranched alkanes of at least 4 members (excludes halogenated alkanes) is 1. The summed E-state index contributed by atoms with van der Waals surface area (Å²) in [5.74, 6) is -2.24. The van der Waals surface area contributed by atoms with Crippen molar-refractivity contribution in [3.05, 3.63) is 41.5 Å². The average molecular weight is 356 g/mol. The highest BCUT2D eigenvalue weighted by atomic mass is 19.4. The van der Waals surface area contributed by atoms with Crippen molar-refractivity contribution in [2.24, 2.45) is 5.73 Å². The maximum absolute atomic E-state index is 12.3. The highest BCUT2D eigenvalue weighted by Gasteiger charge is 2.38. The van der Waals surface area contributed by atoms with Crippen LogP contribution in [0.15, 0.2) is 28.8 Å². The molecule has 0 aliphatic heterocycles. The van der Waals surface area contributed by atoms with E-state index in [2.05, 4.69) is 20.0 Å². The number of aromatic nitrogens is 2. The molecule has 0 fully saturated rings. The molecular weight excluding hydrogens is 341 g/mol. The summed E-state index contributed by atoms with van der Waals surface area (Å²) in [5, 5.41) is 5.89. The van der Waals surface area contributed by atoms with Gasteiger partial charge in [-0.25, -0.2) is 0 Å². The van der Waals surface area contributed by atoms with Crippen molar-refractivity contribution in [1.29, 1.82) is 0 Å². The molecule has 0 atom stereocenters. The van der Waals surface area contributed by atoms with Crippen molar-refractivity contribution >= 4 is 17.5 Å². The number of alkyl halides is 3. The van der Waals surface area contributed by atoms with Crippen LogP contribution in [0.2, 0.25) is 0 Å². The number of amides is 2. The average Bonchev–Trinajstić information content (AvgIpc) is 3.01. The number of hydrogen-bond donors (Lipinski definition) is 2. The smallest absolute Gasteiger partial charge is 0.366 e. The first kappa shape index (κ1) is 18.4. The van der Waals surface area contributed by atoms with Crippen molar-refractivity contribution in [1.82, 2.24) is 10.1 Å². The normalized spacial score (nSPS) is 11.3. The summed E-state index contributed by atoms with van der Waals surface area (Å²) in [7, 11) is 0. The van der Waals surface area contributed by atoms with Gasteiger partial charge in [-0.3, -0.25) is 9.59 Å². The quantitative estimate of drug-likeness (QED) is 0.741. The van der Waals surface area contributed by atoms with Gasteiger partial charge in [0.25, 0.3) is 0 Å². The summed E-state index contributed by atoms with van der Waals surface area (Å²) in [5.41, 5.74) is 5.96. The highest BCUT2D eigenvalue weighted by Crippen LogP contribution is 2.27. The fourth-order valence-electron chi connectivity index (χ4n) is 1.98. The standard InChI is InChI=1S/C15H15F3N4O3/c16-15(17,18)14-21-11(22-25-14)3-1-2-4-12(23)20-10-7-5-9(6-8-10)13(19)24/h5-8H,1-4H2,(H2,19,24)(H,20,23). The molecule has 10 heteroatoms. The Morgan fingerprint density at radius 2 is 1.84 bits per heavy atom. The Bertz CT molecular complexity index is 741. The molecule has 2 rings (SSSR count). The Labute approximate surface area is 140 Å². The van der Waals surface area contributed by atoms with Crippen molar-refractivity contribution < 1.29 is 27.3 Å². The second-order valence-electron chi connectivity index (χ2n) is 5.21. The number of benzene rings is 1. The Kier molecular flexibility index (Phi) is 5.73. The van der Waals surface area contributed by atoms with E-state index >= 15 is 0 Å². The topological polar surface area (TPSA) is 111 Å². The molecule has 0 saturated carbocycles. The van der Waals surface area contributed by atoms with Crippen LogP contribution in [0.1, 0.15) is 41.3 Å². The Morgan fingerprint density at radius 1 is 1.16 bits per heavy atom. The monoisotopic (exact) mass is 356 g/mol. The number of nitrogens with zero attached hydrogens (tertiary/aromatic N) is 2. The van der Waals surface area contributed by atoms with Crippen LogP contribution in [-0.2, 0) is 17.4 Å². The van der Waals surface area contributed by atoms with Gasteiger partial charge in [-0.05, 0) is 37.1 Å². The second kappa shape index (κ2) is 7.77. The second-order valence-corrected chi connectivity index (χ2v) is 5.21. The van der Waals surface area contributed by atoms with E-state index in [1.165, 1.54) is 12.1 Å². The predicted molar refractivity (Wildman–Crippen MR) is 80.4 cm³/mol. The number of rotatable bonds is 7. The van der Waals surface area contributed by atoms with Crippen molar-refractivity contribution in [2.45, 2.75) is 31.9 Å². The number of nitrogens with two attached hydrogens (primary N) is 1. The van der Waals surface area contributed by atoms with Crippen molar-refractivity contribution in [3.63, 3.8) is 0 Å². The van der Waals surface area contributed by atoms with Crippen LogP contribution in [0, 0.1) is 0 Å². The number of aryl methyl sites for hydroxylation is 1. The fraction of sp³-hybridized carbons (Fsp3) is 0.333. The first-order valence-corrected chi connectivity index (χ1v) is 7.35. The first-order valence-electron chi connectivity index (χ1n) is 7.35. The molecule has 0 saturated heterocycles. The number of halogens is 3. The molecule has 0 aliphatic rings. The summed E-state index contributed by atoms with van der Waals surface area (Å²) >= 11 is 0.